The number of aliphatic hydroxyl groups excluding tert-OH is 1. The fourth-order valence-corrected chi connectivity index (χ4v) is 2.17. The zero-order chi connectivity index (χ0) is 10.1. The van der Waals surface area contributed by atoms with E-state index in [9.17, 15) is 5.11 Å². The van der Waals surface area contributed by atoms with E-state index in [4.69, 9.17) is 0 Å². The molecular formula is C9H11N3OS. The molecule has 0 amide bonds. The van der Waals surface area contributed by atoms with Crippen LogP contribution < -0.4 is 0 Å². The highest BCUT2D eigenvalue weighted by atomic mass is 32.1. The predicted octanol–water partition coefficient (Wildman–Crippen LogP) is 1.27. The molecule has 0 aliphatic rings. The van der Waals surface area contributed by atoms with Gasteiger partial charge in [0.1, 0.15) is 11.8 Å². The van der Waals surface area contributed by atoms with E-state index < -0.39 is 6.10 Å². The molecule has 0 saturated carbocycles. The van der Waals surface area contributed by atoms with Gasteiger partial charge in [0.2, 0.25) is 0 Å². The summed E-state index contributed by atoms with van der Waals surface area (Å²) in [6.07, 6.45) is 0.928. The van der Waals surface area contributed by atoms with Crippen LogP contribution in [0.3, 0.4) is 0 Å². The van der Waals surface area contributed by atoms with Gasteiger partial charge in [0.05, 0.1) is 6.20 Å². The van der Waals surface area contributed by atoms with Crippen molar-refractivity contribution in [2.45, 2.75) is 13.0 Å². The Bertz CT molecular complexity index is 435. The Hall–Kier alpha value is -1.20. The van der Waals surface area contributed by atoms with Gasteiger partial charge in [-0.1, -0.05) is 0 Å². The van der Waals surface area contributed by atoms with E-state index >= 15 is 0 Å². The lowest BCUT2D eigenvalue weighted by Crippen LogP contribution is -2.02. The Kier molecular flexibility index (Phi) is 2.35. The lowest BCUT2D eigenvalue weighted by molar-refractivity contribution is 0.214. The molecule has 1 unspecified atom stereocenters. The highest BCUT2D eigenvalue weighted by molar-refractivity contribution is 7.08. The van der Waals surface area contributed by atoms with Gasteiger partial charge in [-0.3, -0.25) is 0 Å². The number of aryl methyl sites for hydroxylation is 2. The normalized spacial score (nSPS) is 13.1. The Morgan fingerprint density at radius 3 is 2.79 bits per heavy atom. The van der Waals surface area contributed by atoms with Crippen molar-refractivity contribution in [3.8, 4) is 0 Å². The Balaban J connectivity index is 2.33. The summed E-state index contributed by atoms with van der Waals surface area (Å²) in [5, 5.41) is 21.9. The Morgan fingerprint density at radius 2 is 2.29 bits per heavy atom. The maximum atomic E-state index is 9.97. The average molecular weight is 209 g/mol. The van der Waals surface area contributed by atoms with Crippen molar-refractivity contribution in [2.75, 3.05) is 0 Å². The number of hydrogen-bond acceptors (Lipinski definition) is 4. The maximum absolute atomic E-state index is 9.97. The monoisotopic (exact) mass is 209 g/mol. The zero-order valence-corrected chi connectivity index (χ0v) is 8.82. The fraction of sp³-hybridized carbons (Fsp3) is 0.333. The van der Waals surface area contributed by atoms with E-state index in [1.807, 2.05) is 17.7 Å². The van der Waals surface area contributed by atoms with Crippen molar-refractivity contribution in [1.82, 2.24) is 15.0 Å². The summed E-state index contributed by atoms with van der Waals surface area (Å²) < 4.78 is 0. The largest absolute Gasteiger partial charge is 0.382 e. The average Bonchev–Trinajstić information content (AvgIpc) is 2.73. The lowest BCUT2D eigenvalue weighted by atomic mass is 10.1. The van der Waals surface area contributed by atoms with Gasteiger partial charge in [0, 0.05) is 12.6 Å². The van der Waals surface area contributed by atoms with Gasteiger partial charge >= 0.3 is 0 Å². The topological polar surface area (TPSA) is 50.9 Å². The molecule has 14 heavy (non-hydrogen) atoms. The van der Waals surface area contributed by atoms with Crippen LogP contribution in [0.5, 0.6) is 0 Å². The van der Waals surface area contributed by atoms with Gasteiger partial charge in [-0.2, -0.15) is 26.3 Å². The number of aromatic nitrogens is 3. The second-order valence-corrected chi connectivity index (χ2v) is 3.92. The summed E-state index contributed by atoms with van der Waals surface area (Å²) in [5.74, 6) is 0. The zero-order valence-electron chi connectivity index (χ0n) is 8.01. The molecule has 0 saturated heterocycles. The van der Waals surface area contributed by atoms with Gasteiger partial charge in [-0.05, 0) is 23.2 Å². The van der Waals surface area contributed by atoms with E-state index in [1.54, 1.807) is 24.6 Å². The van der Waals surface area contributed by atoms with Crippen LogP contribution in [0.15, 0.2) is 17.0 Å². The Labute approximate surface area is 85.8 Å². The van der Waals surface area contributed by atoms with Crippen LogP contribution in [-0.2, 0) is 7.05 Å². The minimum atomic E-state index is -0.657. The molecule has 2 rings (SSSR count). The van der Waals surface area contributed by atoms with Crippen molar-refractivity contribution in [3.05, 3.63) is 33.8 Å². The minimum Gasteiger partial charge on any atom is -0.382 e. The first-order valence-electron chi connectivity index (χ1n) is 4.25. The van der Waals surface area contributed by atoms with E-state index in [1.165, 1.54) is 4.80 Å². The summed E-state index contributed by atoms with van der Waals surface area (Å²) in [6, 6.07) is 0. The molecule has 4 nitrogen and oxygen atoms in total. The summed E-state index contributed by atoms with van der Waals surface area (Å²) in [4.78, 5) is 1.44. The third-order valence-corrected chi connectivity index (χ3v) is 2.97. The summed E-state index contributed by atoms with van der Waals surface area (Å²) >= 11 is 1.58. The molecule has 0 fully saturated rings. The van der Waals surface area contributed by atoms with Crippen LogP contribution >= 0.6 is 11.3 Å². The summed E-state index contributed by atoms with van der Waals surface area (Å²) in [5.41, 5.74) is 2.60. The molecule has 0 radical (unpaired) electrons. The molecule has 2 heterocycles. The molecule has 0 aromatic carbocycles. The maximum Gasteiger partial charge on any atom is 0.126 e. The Morgan fingerprint density at radius 1 is 1.50 bits per heavy atom. The second-order valence-electron chi connectivity index (χ2n) is 3.17. The molecule has 5 heteroatoms. The van der Waals surface area contributed by atoms with Gasteiger partial charge in [0.15, 0.2) is 0 Å². The van der Waals surface area contributed by atoms with Crippen molar-refractivity contribution in [3.63, 3.8) is 0 Å². The SMILES string of the molecule is Cc1cscc1C(O)c1cnn(C)n1. The molecule has 0 aliphatic heterocycles. The van der Waals surface area contributed by atoms with Crippen LogP contribution in [-0.4, -0.2) is 20.1 Å². The summed E-state index contributed by atoms with van der Waals surface area (Å²) in [7, 11) is 1.73. The fourth-order valence-electron chi connectivity index (χ4n) is 1.30. The van der Waals surface area contributed by atoms with Gasteiger partial charge in [0.25, 0.3) is 0 Å². The third-order valence-electron chi connectivity index (χ3n) is 2.09. The predicted molar refractivity (Wildman–Crippen MR) is 54.1 cm³/mol. The first kappa shape index (κ1) is 9.36. The molecule has 0 bridgehead atoms. The number of aliphatic hydroxyl groups is 1. The van der Waals surface area contributed by atoms with Crippen molar-refractivity contribution in [1.29, 1.82) is 0 Å². The van der Waals surface area contributed by atoms with Gasteiger partial charge < -0.3 is 5.11 Å². The number of nitrogens with zero attached hydrogens (tertiary/aromatic N) is 3. The summed E-state index contributed by atoms with van der Waals surface area (Å²) in [6.45, 7) is 1.98. The highest BCUT2D eigenvalue weighted by Gasteiger charge is 2.16. The van der Waals surface area contributed by atoms with Crippen molar-refractivity contribution in [2.24, 2.45) is 7.05 Å². The molecule has 0 aliphatic carbocycles. The van der Waals surface area contributed by atoms with Crippen LogP contribution in [0.2, 0.25) is 0 Å². The van der Waals surface area contributed by atoms with Crippen LogP contribution in [0.25, 0.3) is 0 Å². The van der Waals surface area contributed by atoms with Gasteiger partial charge in [-0.25, -0.2) is 0 Å². The number of hydrogen-bond donors (Lipinski definition) is 1. The van der Waals surface area contributed by atoms with Crippen molar-refractivity contribution >= 4 is 11.3 Å². The van der Waals surface area contributed by atoms with Gasteiger partial charge in [-0.15, -0.1) is 0 Å². The van der Waals surface area contributed by atoms with E-state index in [-0.39, 0.29) is 0 Å². The van der Waals surface area contributed by atoms with Crippen LogP contribution in [0.1, 0.15) is 22.9 Å². The first-order chi connectivity index (χ1) is 6.68. The molecule has 0 spiro atoms. The number of thiophene rings is 1. The molecule has 1 N–H and O–H groups in total. The molecule has 2 aromatic heterocycles. The minimum absolute atomic E-state index is 0.592. The smallest absolute Gasteiger partial charge is 0.126 e. The quantitative estimate of drug-likeness (QED) is 0.810. The van der Waals surface area contributed by atoms with Crippen molar-refractivity contribution < 1.29 is 5.11 Å². The van der Waals surface area contributed by atoms with E-state index in [2.05, 4.69) is 10.2 Å². The number of rotatable bonds is 2. The molecule has 2 aromatic rings. The first-order valence-corrected chi connectivity index (χ1v) is 5.19. The van der Waals surface area contributed by atoms with Crippen LogP contribution in [0.4, 0.5) is 0 Å². The second kappa shape index (κ2) is 3.51. The molecular weight excluding hydrogens is 198 g/mol. The standard InChI is InChI=1S/C9H11N3OS/c1-6-4-14-5-7(6)9(13)8-3-10-12(2)11-8/h3-5,9,13H,1-2H3. The highest BCUT2D eigenvalue weighted by Crippen LogP contribution is 2.25. The third kappa shape index (κ3) is 1.56. The molecule has 74 valence electrons. The van der Waals surface area contributed by atoms with Crippen LogP contribution in [0, 0.1) is 6.92 Å². The molecule has 1 atom stereocenters. The van der Waals surface area contributed by atoms with E-state index in [0.29, 0.717) is 5.69 Å². The van der Waals surface area contributed by atoms with E-state index in [0.717, 1.165) is 11.1 Å². The lowest BCUT2D eigenvalue weighted by Gasteiger charge is -2.05.